The summed E-state index contributed by atoms with van der Waals surface area (Å²) >= 11 is 0. The molecular weight excluding hydrogens is 124 g/mol. The van der Waals surface area contributed by atoms with Gasteiger partial charge in [-0.3, -0.25) is 0 Å². The van der Waals surface area contributed by atoms with Crippen LogP contribution >= 0.6 is 0 Å². The lowest BCUT2D eigenvalue weighted by Crippen LogP contribution is -2.09. The molecule has 0 spiro atoms. The van der Waals surface area contributed by atoms with Gasteiger partial charge in [0.15, 0.2) is 0 Å². The standard InChI is InChI=1S/C9H16O/c1-8(10)7-9-5-3-2-4-6-9/h9H,2-7H2,1H3/i2D2,3D2,4D2,5D2,6D2,9D. The zero-order chi connectivity index (χ0) is 17.3. The van der Waals surface area contributed by atoms with Crippen LogP contribution in [0.25, 0.3) is 0 Å². The summed E-state index contributed by atoms with van der Waals surface area (Å²) < 4.78 is 84.8. The van der Waals surface area contributed by atoms with E-state index >= 15 is 0 Å². The van der Waals surface area contributed by atoms with Gasteiger partial charge in [-0.2, -0.15) is 0 Å². The van der Waals surface area contributed by atoms with Crippen molar-refractivity contribution in [2.24, 2.45) is 5.89 Å². The summed E-state index contributed by atoms with van der Waals surface area (Å²) in [6, 6.07) is 0. The quantitative estimate of drug-likeness (QED) is 0.593. The van der Waals surface area contributed by atoms with E-state index in [9.17, 15) is 4.79 Å². The van der Waals surface area contributed by atoms with Gasteiger partial charge in [0.1, 0.15) is 5.78 Å². The van der Waals surface area contributed by atoms with Crippen molar-refractivity contribution >= 4 is 5.78 Å². The van der Waals surface area contributed by atoms with Gasteiger partial charge in [-0.15, -0.1) is 0 Å². The van der Waals surface area contributed by atoms with E-state index in [1.165, 1.54) is 0 Å². The van der Waals surface area contributed by atoms with E-state index in [4.69, 9.17) is 15.1 Å². The van der Waals surface area contributed by atoms with Crippen LogP contribution in [0.1, 0.15) is 60.3 Å². The smallest absolute Gasteiger partial charge is 0.130 e. The molecule has 0 N–H and O–H groups in total. The van der Waals surface area contributed by atoms with Crippen LogP contribution in [0.2, 0.25) is 0 Å². The summed E-state index contributed by atoms with van der Waals surface area (Å²) in [5.41, 5.74) is 0. The molecule has 1 saturated carbocycles. The molecule has 1 aliphatic rings. The Bertz CT molecular complexity index is 436. The monoisotopic (exact) mass is 151 g/mol. The minimum absolute atomic E-state index is 0.813. The molecule has 0 atom stereocenters. The summed E-state index contributed by atoms with van der Waals surface area (Å²) in [7, 11) is 0. The first kappa shape index (κ1) is 1.70. The van der Waals surface area contributed by atoms with Crippen LogP contribution in [0.15, 0.2) is 0 Å². The molecule has 1 heteroatoms. The minimum Gasteiger partial charge on any atom is -0.300 e. The highest BCUT2D eigenvalue weighted by Gasteiger charge is 2.14. The second kappa shape index (κ2) is 3.75. The second-order valence-electron chi connectivity index (χ2n) is 1.98. The summed E-state index contributed by atoms with van der Waals surface area (Å²) in [5.74, 6) is -3.92. The lowest BCUT2D eigenvalue weighted by atomic mass is 9.86. The SMILES string of the molecule is [2H]C1([2H])C([2H])([2H])C([2H])([2H])C([2H])(CC(C)=O)C([2H])([2H])C1([2H])[2H]. The van der Waals surface area contributed by atoms with E-state index in [1.807, 2.05) is 0 Å². The molecule has 0 aromatic rings. The average Bonchev–Trinajstić information content (AvgIpc) is 2.25. The maximum atomic E-state index is 11.3. The normalized spacial score (nSPS) is 65.5. The first-order chi connectivity index (χ1) is 8.92. The number of carbonyl (C=O) groups excluding carboxylic acids is 1. The highest BCUT2D eigenvalue weighted by molar-refractivity contribution is 5.75. The van der Waals surface area contributed by atoms with Crippen molar-refractivity contribution < 1.29 is 19.9 Å². The third-order valence-corrected chi connectivity index (χ3v) is 0.977. The summed E-state index contributed by atoms with van der Waals surface area (Å²) in [4.78, 5) is 11.3. The molecule has 0 aliphatic heterocycles. The van der Waals surface area contributed by atoms with Crippen molar-refractivity contribution in [3.63, 3.8) is 0 Å². The second-order valence-corrected chi connectivity index (χ2v) is 1.98. The Labute approximate surface area is 78.3 Å². The van der Waals surface area contributed by atoms with Crippen LogP contribution < -0.4 is 0 Å². The topological polar surface area (TPSA) is 17.1 Å². The number of carbonyl (C=O) groups is 1. The third kappa shape index (κ3) is 2.51. The number of hydrogen-bond donors (Lipinski definition) is 0. The van der Waals surface area contributed by atoms with Gasteiger partial charge >= 0.3 is 0 Å². The van der Waals surface area contributed by atoms with E-state index < -0.39 is 50.0 Å². The van der Waals surface area contributed by atoms with Gasteiger partial charge in [0.25, 0.3) is 0 Å². The summed E-state index contributed by atoms with van der Waals surface area (Å²) in [5, 5.41) is 0. The maximum absolute atomic E-state index is 11.3. The van der Waals surface area contributed by atoms with Crippen LogP contribution in [0.5, 0.6) is 0 Å². The molecule has 10 heavy (non-hydrogen) atoms. The molecule has 58 valence electrons. The van der Waals surface area contributed by atoms with Gasteiger partial charge in [-0.05, 0) is 12.8 Å². The highest BCUT2D eigenvalue weighted by atomic mass is 16.1. The fraction of sp³-hybridized carbons (Fsp3) is 0.889. The van der Waals surface area contributed by atoms with Gasteiger partial charge < -0.3 is 4.79 Å². The van der Waals surface area contributed by atoms with Crippen molar-refractivity contribution in [2.45, 2.75) is 45.2 Å². The van der Waals surface area contributed by atoms with E-state index in [-0.39, 0.29) is 0 Å². The number of rotatable bonds is 2. The molecule has 0 amide bonds. The molecule has 1 fully saturated rings. The Morgan fingerprint density at radius 1 is 1.60 bits per heavy atom. The molecule has 0 aromatic carbocycles. The number of Topliss-reactive ketones (excluding diaryl/α,β-unsaturated/α-hetero) is 1. The molecule has 1 rings (SSSR count). The molecular formula is C9H16O. The predicted molar refractivity (Wildman–Crippen MR) is 41.9 cm³/mol. The Hall–Kier alpha value is -0.330. The molecule has 0 unspecified atom stereocenters. The minimum atomic E-state index is -3.53. The van der Waals surface area contributed by atoms with Crippen LogP contribution in [0, 0.1) is 5.89 Å². The summed E-state index contributed by atoms with van der Waals surface area (Å²) in [6.45, 7) is 0.955. The Balaban J connectivity index is 3.78. The van der Waals surface area contributed by atoms with Crippen LogP contribution in [0.4, 0.5) is 0 Å². The Kier molecular flexibility index (Phi) is 0.637. The predicted octanol–water partition coefficient (Wildman–Crippen LogP) is 2.55. The van der Waals surface area contributed by atoms with Gasteiger partial charge in [0.2, 0.25) is 0 Å². The molecule has 0 radical (unpaired) electrons. The lowest BCUT2D eigenvalue weighted by Gasteiger charge is -2.19. The molecule has 1 aliphatic carbocycles. The Morgan fingerprint density at radius 2 is 2.20 bits per heavy atom. The van der Waals surface area contributed by atoms with E-state index in [0.717, 1.165) is 6.92 Å². The molecule has 0 heterocycles. The van der Waals surface area contributed by atoms with Crippen molar-refractivity contribution in [1.29, 1.82) is 0 Å². The fourth-order valence-corrected chi connectivity index (χ4v) is 0.613. The van der Waals surface area contributed by atoms with Crippen molar-refractivity contribution in [3.8, 4) is 0 Å². The Morgan fingerprint density at radius 3 is 2.70 bits per heavy atom. The lowest BCUT2D eigenvalue weighted by molar-refractivity contribution is -0.118. The maximum Gasteiger partial charge on any atom is 0.130 e. The van der Waals surface area contributed by atoms with E-state index in [0.29, 0.717) is 0 Å². The first-order valence-electron chi connectivity index (χ1n) is 8.41. The van der Waals surface area contributed by atoms with Gasteiger partial charge in [-0.25, -0.2) is 0 Å². The van der Waals surface area contributed by atoms with Crippen LogP contribution in [-0.4, -0.2) is 5.78 Å². The van der Waals surface area contributed by atoms with Crippen LogP contribution in [0.3, 0.4) is 0 Å². The summed E-state index contributed by atoms with van der Waals surface area (Å²) in [6.07, 6.45) is -18.5. The molecule has 0 aromatic heterocycles. The fourth-order valence-electron chi connectivity index (χ4n) is 0.613. The van der Waals surface area contributed by atoms with Gasteiger partial charge in [0.05, 0.1) is 0 Å². The van der Waals surface area contributed by atoms with Crippen molar-refractivity contribution in [2.75, 3.05) is 0 Å². The van der Waals surface area contributed by atoms with Crippen LogP contribution in [-0.2, 0) is 4.79 Å². The van der Waals surface area contributed by atoms with Crippen molar-refractivity contribution in [1.82, 2.24) is 0 Å². The third-order valence-electron chi connectivity index (χ3n) is 0.977. The highest BCUT2D eigenvalue weighted by Crippen LogP contribution is 2.26. The van der Waals surface area contributed by atoms with Crippen molar-refractivity contribution in [3.05, 3.63) is 0 Å². The molecule has 1 nitrogen and oxygen atoms in total. The zero-order valence-electron chi connectivity index (χ0n) is 16.6. The molecule has 0 bridgehead atoms. The molecule has 0 saturated heterocycles. The van der Waals surface area contributed by atoms with Gasteiger partial charge in [-0.1, -0.05) is 31.9 Å². The number of ketones is 1. The van der Waals surface area contributed by atoms with Gasteiger partial charge in [0, 0.05) is 21.5 Å². The largest absolute Gasteiger partial charge is 0.300 e. The first-order valence-corrected chi connectivity index (χ1v) is 2.91. The van der Waals surface area contributed by atoms with E-state index in [1.54, 1.807) is 0 Å². The van der Waals surface area contributed by atoms with E-state index in [2.05, 4.69) is 0 Å². The number of hydrogen-bond acceptors (Lipinski definition) is 1. The average molecular weight is 151 g/mol. The zero-order valence-corrected chi connectivity index (χ0v) is 5.62.